The first-order chi connectivity index (χ1) is 11.2. The molecule has 126 valence electrons. The molecule has 2 saturated carbocycles. The lowest BCUT2D eigenvalue weighted by atomic mass is 9.54. The van der Waals surface area contributed by atoms with E-state index in [0.29, 0.717) is 23.5 Å². The SMILES string of the molecule is CN=C(NC1C2CCOC2C12CCCC2)N(C)Cc1ccco1. The van der Waals surface area contributed by atoms with Gasteiger partial charge in [-0.1, -0.05) is 12.8 Å². The van der Waals surface area contributed by atoms with Crippen LogP contribution in [0, 0.1) is 11.3 Å². The lowest BCUT2D eigenvalue weighted by Gasteiger charge is -2.57. The van der Waals surface area contributed by atoms with Gasteiger partial charge in [0.15, 0.2) is 5.96 Å². The molecule has 1 saturated heterocycles. The Labute approximate surface area is 138 Å². The molecular formula is C18H27N3O2. The first-order valence-electron chi connectivity index (χ1n) is 8.83. The number of hydrogen-bond donors (Lipinski definition) is 1. The maximum absolute atomic E-state index is 6.07. The predicted molar refractivity (Wildman–Crippen MR) is 89.2 cm³/mol. The highest BCUT2D eigenvalue weighted by Crippen LogP contribution is 2.60. The largest absolute Gasteiger partial charge is 0.467 e. The number of nitrogens with one attached hydrogen (secondary N) is 1. The van der Waals surface area contributed by atoms with Crippen molar-refractivity contribution in [3.63, 3.8) is 0 Å². The first-order valence-corrected chi connectivity index (χ1v) is 8.83. The second kappa shape index (κ2) is 5.86. The van der Waals surface area contributed by atoms with E-state index in [1.54, 1.807) is 6.26 Å². The molecule has 5 heteroatoms. The quantitative estimate of drug-likeness (QED) is 0.688. The van der Waals surface area contributed by atoms with Crippen LogP contribution in [0.1, 0.15) is 37.9 Å². The summed E-state index contributed by atoms with van der Waals surface area (Å²) in [5.41, 5.74) is 0.350. The molecule has 0 bridgehead atoms. The number of ether oxygens (including phenoxy) is 1. The fourth-order valence-corrected chi connectivity index (χ4v) is 5.10. The summed E-state index contributed by atoms with van der Waals surface area (Å²) in [7, 11) is 3.93. The summed E-state index contributed by atoms with van der Waals surface area (Å²) in [6.07, 6.45) is 8.66. The Morgan fingerprint density at radius 2 is 2.26 bits per heavy atom. The van der Waals surface area contributed by atoms with Crippen LogP contribution >= 0.6 is 0 Å². The Morgan fingerprint density at radius 3 is 2.96 bits per heavy atom. The summed E-state index contributed by atoms with van der Waals surface area (Å²) in [5, 5.41) is 3.77. The minimum absolute atomic E-state index is 0.350. The summed E-state index contributed by atoms with van der Waals surface area (Å²) in [4.78, 5) is 6.65. The average Bonchev–Trinajstić information content (AvgIpc) is 3.28. The van der Waals surface area contributed by atoms with Crippen LogP contribution in [-0.4, -0.2) is 43.7 Å². The molecule has 3 aliphatic rings. The highest BCUT2D eigenvalue weighted by Gasteiger charge is 2.65. The molecule has 4 rings (SSSR count). The van der Waals surface area contributed by atoms with Crippen LogP contribution in [0.2, 0.25) is 0 Å². The molecule has 1 aromatic rings. The second-order valence-corrected chi connectivity index (χ2v) is 7.29. The topological polar surface area (TPSA) is 50.0 Å². The molecule has 2 aliphatic carbocycles. The molecule has 3 atom stereocenters. The average molecular weight is 317 g/mol. The van der Waals surface area contributed by atoms with Crippen molar-refractivity contribution in [2.45, 2.75) is 50.8 Å². The van der Waals surface area contributed by atoms with E-state index in [1.165, 1.54) is 32.1 Å². The molecule has 0 amide bonds. The van der Waals surface area contributed by atoms with Gasteiger partial charge in [0.05, 0.1) is 18.9 Å². The van der Waals surface area contributed by atoms with E-state index in [9.17, 15) is 0 Å². The van der Waals surface area contributed by atoms with Crippen LogP contribution in [0.15, 0.2) is 27.8 Å². The van der Waals surface area contributed by atoms with Gasteiger partial charge in [-0.15, -0.1) is 0 Å². The van der Waals surface area contributed by atoms with Gasteiger partial charge in [0.1, 0.15) is 5.76 Å². The molecule has 5 nitrogen and oxygen atoms in total. The van der Waals surface area contributed by atoms with Gasteiger partial charge in [-0.05, 0) is 31.4 Å². The monoisotopic (exact) mass is 317 g/mol. The van der Waals surface area contributed by atoms with Gasteiger partial charge in [0, 0.05) is 38.1 Å². The lowest BCUT2D eigenvalue weighted by Crippen LogP contribution is -2.69. The Morgan fingerprint density at radius 1 is 1.43 bits per heavy atom. The van der Waals surface area contributed by atoms with E-state index < -0.39 is 0 Å². The van der Waals surface area contributed by atoms with E-state index in [4.69, 9.17) is 9.15 Å². The Hall–Kier alpha value is -1.49. The van der Waals surface area contributed by atoms with E-state index >= 15 is 0 Å². The summed E-state index contributed by atoms with van der Waals surface area (Å²) >= 11 is 0. The fraction of sp³-hybridized carbons (Fsp3) is 0.722. The summed E-state index contributed by atoms with van der Waals surface area (Å²) < 4.78 is 11.5. The molecule has 2 heterocycles. The van der Waals surface area contributed by atoms with Gasteiger partial charge >= 0.3 is 0 Å². The summed E-state index contributed by atoms with van der Waals surface area (Å²) in [6, 6.07) is 4.45. The normalized spacial score (nSPS) is 31.9. The molecular weight excluding hydrogens is 290 g/mol. The van der Waals surface area contributed by atoms with E-state index in [2.05, 4.69) is 22.3 Å². The van der Waals surface area contributed by atoms with Crippen LogP contribution in [0.25, 0.3) is 0 Å². The maximum atomic E-state index is 6.07. The van der Waals surface area contributed by atoms with Gasteiger partial charge in [0.25, 0.3) is 0 Å². The molecule has 0 radical (unpaired) electrons. The van der Waals surface area contributed by atoms with Crippen molar-refractivity contribution in [1.82, 2.24) is 10.2 Å². The lowest BCUT2D eigenvalue weighted by molar-refractivity contribution is -0.125. The Kier molecular flexibility index (Phi) is 3.84. The number of nitrogens with zero attached hydrogens (tertiary/aromatic N) is 2. The highest BCUT2D eigenvalue weighted by atomic mass is 16.5. The van der Waals surface area contributed by atoms with Crippen molar-refractivity contribution in [1.29, 1.82) is 0 Å². The van der Waals surface area contributed by atoms with Crippen molar-refractivity contribution in [2.75, 3.05) is 20.7 Å². The second-order valence-electron chi connectivity index (χ2n) is 7.29. The van der Waals surface area contributed by atoms with Crippen molar-refractivity contribution < 1.29 is 9.15 Å². The molecule has 1 N–H and O–H groups in total. The third kappa shape index (κ3) is 2.36. The van der Waals surface area contributed by atoms with Crippen molar-refractivity contribution in [3.05, 3.63) is 24.2 Å². The van der Waals surface area contributed by atoms with Crippen molar-refractivity contribution in [2.24, 2.45) is 16.3 Å². The van der Waals surface area contributed by atoms with Crippen LogP contribution < -0.4 is 5.32 Å². The van der Waals surface area contributed by atoms with Crippen LogP contribution in [-0.2, 0) is 11.3 Å². The number of furan rings is 1. The number of guanidine groups is 1. The van der Waals surface area contributed by atoms with E-state index in [1.807, 2.05) is 19.2 Å². The van der Waals surface area contributed by atoms with Crippen LogP contribution in [0.4, 0.5) is 0 Å². The number of aliphatic imine (C=N–C) groups is 1. The maximum Gasteiger partial charge on any atom is 0.194 e. The molecule has 23 heavy (non-hydrogen) atoms. The van der Waals surface area contributed by atoms with Crippen LogP contribution in [0.5, 0.6) is 0 Å². The van der Waals surface area contributed by atoms with Gasteiger partial charge < -0.3 is 19.4 Å². The highest BCUT2D eigenvalue weighted by molar-refractivity contribution is 5.80. The molecule has 1 aliphatic heterocycles. The first kappa shape index (κ1) is 15.1. The molecule has 3 unspecified atom stereocenters. The van der Waals surface area contributed by atoms with E-state index in [0.717, 1.165) is 24.9 Å². The van der Waals surface area contributed by atoms with Crippen molar-refractivity contribution >= 4 is 5.96 Å². The zero-order valence-corrected chi connectivity index (χ0v) is 14.1. The Bertz CT molecular complexity index is 563. The van der Waals surface area contributed by atoms with Gasteiger partial charge in [-0.2, -0.15) is 0 Å². The van der Waals surface area contributed by atoms with E-state index in [-0.39, 0.29) is 0 Å². The predicted octanol–water partition coefficient (Wildman–Crippen LogP) is 2.63. The summed E-state index contributed by atoms with van der Waals surface area (Å²) in [5.74, 6) is 2.58. The standard InChI is InChI=1S/C18H27N3O2/c1-19-17(21(2)12-13-6-5-10-22-13)20-15-14-7-11-23-16(14)18(15)8-3-4-9-18/h5-6,10,14-16H,3-4,7-9,11-12H2,1-2H3,(H,19,20). The Balaban J connectivity index is 1.47. The molecule has 3 fully saturated rings. The minimum Gasteiger partial charge on any atom is -0.467 e. The third-order valence-electron chi connectivity index (χ3n) is 6.12. The molecule has 0 aromatic carbocycles. The number of fused-ring (bicyclic) bond motifs is 2. The summed E-state index contributed by atoms with van der Waals surface area (Å²) in [6.45, 7) is 1.66. The zero-order valence-electron chi connectivity index (χ0n) is 14.1. The van der Waals surface area contributed by atoms with Crippen molar-refractivity contribution in [3.8, 4) is 0 Å². The van der Waals surface area contributed by atoms with Crippen LogP contribution in [0.3, 0.4) is 0 Å². The smallest absolute Gasteiger partial charge is 0.194 e. The molecule has 1 aromatic heterocycles. The third-order valence-corrected chi connectivity index (χ3v) is 6.12. The molecule has 1 spiro atoms. The van der Waals surface area contributed by atoms with Gasteiger partial charge in [-0.25, -0.2) is 0 Å². The van der Waals surface area contributed by atoms with Gasteiger partial charge in [-0.3, -0.25) is 4.99 Å². The number of hydrogen-bond acceptors (Lipinski definition) is 3. The number of rotatable bonds is 3. The van der Waals surface area contributed by atoms with Gasteiger partial charge in [0.2, 0.25) is 0 Å². The minimum atomic E-state index is 0.350. The zero-order chi connectivity index (χ0) is 15.9. The fourth-order valence-electron chi connectivity index (χ4n) is 5.10.